The number of oxime groups is 1. The number of hydrogen-bond acceptors (Lipinski definition) is 3. The van der Waals surface area contributed by atoms with Crippen LogP contribution in [0, 0.1) is 0 Å². The molecule has 4 heteroatoms. The molecule has 0 saturated heterocycles. The summed E-state index contributed by atoms with van der Waals surface area (Å²) in [5.74, 6) is -0.822. The minimum absolute atomic E-state index is 0.0858. The van der Waals surface area contributed by atoms with Crippen LogP contribution in [0.1, 0.15) is 15.9 Å². The third-order valence-corrected chi connectivity index (χ3v) is 2.27. The van der Waals surface area contributed by atoms with Crippen molar-refractivity contribution in [3.05, 3.63) is 65.7 Å². The Morgan fingerprint density at radius 2 is 1.72 bits per heavy atom. The van der Waals surface area contributed by atoms with Crippen LogP contribution in [0.15, 0.2) is 59.8 Å². The lowest BCUT2D eigenvalue weighted by atomic mass is 10.2. The third kappa shape index (κ3) is 2.95. The number of hydrogen-bond donors (Lipinski definition) is 1. The van der Waals surface area contributed by atoms with E-state index in [2.05, 4.69) is 5.16 Å². The standard InChI is InChI=1S/C14H11NO3/c16-14(17)12-8-4-5-9-13(12)18-15-10-11-6-2-1-3-7-11/h1-10H,(H,16,17)/b15-10-. The maximum absolute atomic E-state index is 10.9. The number of para-hydroxylation sites is 1. The van der Waals surface area contributed by atoms with E-state index in [9.17, 15) is 4.79 Å². The minimum atomic E-state index is -1.04. The van der Waals surface area contributed by atoms with E-state index in [1.165, 1.54) is 12.3 Å². The van der Waals surface area contributed by atoms with Crippen LogP contribution in [-0.4, -0.2) is 17.3 Å². The zero-order valence-electron chi connectivity index (χ0n) is 9.48. The second-order valence-corrected chi connectivity index (χ2v) is 3.54. The number of nitrogens with zero attached hydrogens (tertiary/aromatic N) is 1. The largest absolute Gasteiger partial charge is 0.478 e. The van der Waals surface area contributed by atoms with Crippen molar-refractivity contribution in [1.82, 2.24) is 0 Å². The molecule has 0 aliphatic carbocycles. The molecule has 4 nitrogen and oxygen atoms in total. The molecule has 0 aliphatic rings. The number of carboxylic acids is 1. The maximum Gasteiger partial charge on any atom is 0.339 e. The monoisotopic (exact) mass is 241 g/mol. The lowest BCUT2D eigenvalue weighted by Crippen LogP contribution is -1.99. The summed E-state index contributed by atoms with van der Waals surface area (Å²) in [5.41, 5.74) is 0.966. The Hall–Kier alpha value is -2.62. The molecule has 18 heavy (non-hydrogen) atoms. The SMILES string of the molecule is O=C(O)c1ccccc1O/N=C\c1ccccc1. The Kier molecular flexibility index (Phi) is 3.71. The van der Waals surface area contributed by atoms with E-state index in [1.807, 2.05) is 30.3 Å². The molecule has 0 spiro atoms. The van der Waals surface area contributed by atoms with E-state index < -0.39 is 5.97 Å². The van der Waals surface area contributed by atoms with Gasteiger partial charge in [-0.3, -0.25) is 0 Å². The lowest BCUT2D eigenvalue weighted by Gasteiger charge is -2.01. The van der Waals surface area contributed by atoms with Crippen molar-refractivity contribution >= 4 is 12.2 Å². The van der Waals surface area contributed by atoms with Gasteiger partial charge in [-0.2, -0.15) is 0 Å². The topological polar surface area (TPSA) is 58.9 Å². The summed E-state index contributed by atoms with van der Waals surface area (Å²) in [6.07, 6.45) is 1.53. The molecule has 0 radical (unpaired) electrons. The van der Waals surface area contributed by atoms with Gasteiger partial charge in [0.25, 0.3) is 0 Å². The molecular formula is C14H11NO3. The van der Waals surface area contributed by atoms with Gasteiger partial charge >= 0.3 is 5.97 Å². The highest BCUT2D eigenvalue weighted by atomic mass is 16.6. The van der Waals surface area contributed by atoms with Gasteiger partial charge in [0, 0.05) is 0 Å². The van der Waals surface area contributed by atoms with Crippen molar-refractivity contribution in [2.24, 2.45) is 5.16 Å². The average molecular weight is 241 g/mol. The van der Waals surface area contributed by atoms with Crippen LogP contribution in [-0.2, 0) is 0 Å². The van der Waals surface area contributed by atoms with Crippen molar-refractivity contribution in [3.63, 3.8) is 0 Å². The summed E-state index contributed by atoms with van der Waals surface area (Å²) >= 11 is 0. The molecule has 0 atom stereocenters. The Balaban J connectivity index is 2.11. The van der Waals surface area contributed by atoms with E-state index >= 15 is 0 Å². The lowest BCUT2D eigenvalue weighted by molar-refractivity contribution is 0.0692. The molecule has 0 fully saturated rings. The number of benzene rings is 2. The number of carboxylic acid groups (broad SMARTS) is 1. The van der Waals surface area contributed by atoms with E-state index in [0.717, 1.165) is 5.56 Å². The molecule has 90 valence electrons. The van der Waals surface area contributed by atoms with Crippen LogP contribution in [0.5, 0.6) is 5.75 Å². The first-order chi connectivity index (χ1) is 8.77. The minimum Gasteiger partial charge on any atom is -0.478 e. The first-order valence-corrected chi connectivity index (χ1v) is 5.35. The Morgan fingerprint density at radius 3 is 2.44 bits per heavy atom. The molecule has 0 unspecified atom stereocenters. The number of carbonyl (C=O) groups is 1. The first kappa shape index (κ1) is 11.9. The van der Waals surface area contributed by atoms with Gasteiger partial charge in [-0.05, 0) is 17.7 Å². The van der Waals surface area contributed by atoms with Gasteiger partial charge in [-0.1, -0.05) is 47.6 Å². The molecule has 0 amide bonds. The summed E-state index contributed by atoms with van der Waals surface area (Å²) in [7, 11) is 0. The van der Waals surface area contributed by atoms with Gasteiger partial charge in [0.1, 0.15) is 5.56 Å². The quantitative estimate of drug-likeness (QED) is 0.661. The number of aromatic carboxylic acids is 1. The third-order valence-electron chi connectivity index (χ3n) is 2.27. The smallest absolute Gasteiger partial charge is 0.339 e. The predicted molar refractivity (Wildman–Crippen MR) is 68.1 cm³/mol. The van der Waals surface area contributed by atoms with Crippen LogP contribution in [0.3, 0.4) is 0 Å². The highest BCUT2D eigenvalue weighted by molar-refractivity contribution is 5.90. The molecule has 1 N–H and O–H groups in total. The molecule has 0 bridgehead atoms. The molecule has 0 aromatic heterocycles. The summed E-state index contributed by atoms with van der Waals surface area (Å²) in [4.78, 5) is 16.0. The summed E-state index contributed by atoms with van der Waals surface area (Å²) < 4.78 is 0. The highest BCUT2D eigenvalue weighted by Crippen LogP contribution is 2.17. The fourth-order valence-corrected chi connectivity index (χ4v) is 1.41. The van der Waals surface area contributed by atoms with Gasteiger partial charge in [-0.25, -0.2) is 4.79 Å². The molecule has 0 aliphatic heterocycles. The van der Waals surface area contributed by atoms with E-state index in [1.54, 1.807) is 18.2 Å². The normalized spacial score (nSPS) is 10.4. The summed E-state index contributed by atoms with van der Waals surface area (Å²) in [5, 5.41) is 12.7. The zero-order chi connectivity index (χ0) is 12.8. The predicted octanol–water partition coefficient (Wildman–Crippen LogP) is 2.80. The van der Waals surface area contributed by atoms with Gasteiger partial charge in [0.05, 0.1) is 6.21 Å². The molecule has 0 saturated carbocycles. The van der Waals surface area contributed by atoms with Gasteiger partial charge in [0.2, 0.25) is 0 Å². The molecule has 2 aromatic carbocycles. The highest BCUT2D eigenvalue weighted by Gasteiger charge is 2.09. The maximum atomic E-state index is 10.9. The van der Waals surface area contributed by atoms with Crippen molar-refractivity contribution in [1.29, 1.82) is 0 Å². The Labute approximate surface area is 104 Å². The summed E-state index contributed by atoms with van der Waals surface area (Å²) in [6, 6.07) is 15.8. The van der Waals surface area contributed by atoms with E-state index in [0.29, 0.717) is 0 Å². The summed E-state index contributed by atoms with van der Waals surface area (Å²) in [6.45, 7) is 0. The molecule has 2 rings (SSSR count). The Bertz CT molecular complexity index is 564. The first-order valence-electron chi connectivity index (χ1n) is 5.35. The second-order valence-electron chi connectivity index (χ2n) is 3.54. The average Bonchev–Trinajstić information content (AvgIpc) is 2.40. The number of rotatable bonds is 4. The van der Waals surface area contributed by atoms with Gasteiger partial charge in [-0.15, -0.1) is 0 Å². The fraction of sp³-hybridized carbons (Fsp3) is 0. The van der Waals surface area contributed by atoms with Crippen molar-refractivity contribution < 1.29 is 14.7 Å². The van der Waals surface area contributed by atoms with Crippen LogP contribution >= 0.6 is 0 Å². The molecule has 0 heterocycles. The van der Waals surface area contributed by atoms with Gasteiger partial charge in [0.15, 0.2) is 5.75 Å². The molecule has 2 aromatic rings. The van der Waals surface area contributed by atoms with E-state index in [4.69, 9.17) is 9.94 Å². The van der Waals surface area contributed by atoms with Crippen LogP contribution < -0.4 is 4.84 Å². The molecular weight excluding hydrogens is 230 g/mol. The van der Waals surface area contributed by atoms with Crippen LogP contribution in [0.2, 0.25) is 0 Å². The van der Waals surface area contributed by atoms with Crippen LogP contribution in [0.4, 0.5) is 0 Å². The van der Waals surface area contributed by atoms with Gasteiger partial charge < -0.3 is 9.94 Å². The fourth-order valence-electron chi connectivity index (χ4n) is 1.41. The van der Waals surface area contributed by atoms with Crippen molar-refractivity contribution in [2.75, 3.05) is 0 Å². The zero-order valence-corrected chi connectivity index (χ0v) is 9.48. The Morgan fingerprint density at radius 1 is 1.06 bits per heavy atom. The van der Waals surface area contributed by atoms with Crippen molar-refractivity contribution in [2.45, 2.75) is 0 Å². The van der Waals surface area contributed by atoms with Crippen molar-refractivity contribution in [3.8, 4) is 5.75 Å². The second kappa shape index (κ2) is 5.63. The van der Waals surface area contributed by atoms with Crippen LogP contribution in [0.25, 0.3) is 0 Å². The van der Waals surface area contributed by atoms with E-state index in [-0.39, 0.29) is 11.3 Å².